The van der Waals surface area contributed by atoms with Crippen LogP contribution in [0.5, 0.6) is 0 Å². The monoisotopic (exact) mass is 365 g/mol. The molecule has 1 fully saturated rings. The lowest BCUT2D eigenvalue weighted by molar-refractivity contribution is 0.195. The van der Waals surface area contributed by atoms with Crippen LogP contribution >= 0.6 is 0 Å². The summed E-state index contributed by atoms with van der Waals surface area (Å²) in [5.41, 5.74) is 2.04. The molecule has 5 rings (SSSR count). The SMILES string of the molecule is Fc1cc2ncccc2cc1Cn1nnc2ncc(NC3CCOC3)nc21. The molecule has 8 nitrogen and oxygen atoms in total. The van der Waals surface area contributed by atoms with Crippen LogP contribution in [0.1, 0.15) is 12.0 Å². The van der Waals surface area contributed by atoms with Crippen molar-refractivity contribution in [3.05, 3.63) is 48.0 Å². The molecule has 0 spiro atoms. The average Bonchev–Trinajstić information content (AvgIpc) is 3.32. The van der Waals surface area contributed by atoms with Gasteiger partial charge in [0.15, 0.2) is 5.65 Å². The van der Waals surface area contributed by atoms with Gasteiger partial charge in [0.05, 0.1) is 30.9 Å². The number of hydrogen-bond donors (Lipinski definition) is 1. The lowest BCUT2D eigenvalue weighted by atomic mass is 10.1. The van der Waals surface area contributed by atoms with Crippen molar-refractivity contribution in [2.75, 3.05) is 18.5 Å². The number of benzene rings is 1. The van der Waals surface area contributed by atoms with Crippen molar-refractivity contribution in [1.29, 1.82) is 0 Å². The van der Waals surface area contributed by atoms with E-state index in [4.69, 9.17) is 4.74 Å². The maximum atomic E-state index is 14.5. The van der Waals surface area contributed by atoms with Gasteiger partial charge < -0.3 is 10.1 Å². The van der Waals surface area contributed by atoms with Crippen molar-refractivity contribution < 1.29 is 9.13 Å². The van der Waals surface area contributed by atoms with E-state index in [9.17, 15) is 4.39 Å². The van der Waals surface area contributed by atoms with E-state index in [0.29, 0.717) is 34.8 Å². The van der Waals surface area contributed by atoms with E-state index in [-0.39, 0.29) is 18.4 Å². The maximum Gasteiger partial charge on any atom is 0.221 e. The smallest absolute Gasteiger partial charge is 0.221 e. The van der Waals surface area contributed by atoms with Crippen LogP contribution in [0.3, 0.4) is 0 Å². The van der Waals surface area contributed by atoms with E-state index >= 15 is 0 Å². The Bertz CT molecular complexity index is 1120. The van der Waals surface area contributed by atoms with Crippen molar-refractivity contribution in [1.82, 2.24) is 29.9 Å². The number of pyridine rings is 1. The summed E-state index contributed by atoms with van der Waals surface area (Å²) < 4.78 is 21.4. The first-order valence-corrected chi connectivity index (χ1v) is 8.70. The van der Waals surface area contributed by atoms with Gasteiger partial charge in [-0.15, -0.1) is 5.10 Å². The zero-order chi connectivity index (χ0) is 18.2. The molecule has 0 radical (unpaired) electrons. The summed E-state index contributed by atoms with van der Waals surface area (Å²) in [6.07, 6.45) is 4.20. The molecule has 1 atom stereocenters. The summed E-state index contributed by atoms with van der Waals surface area (Å²) in [6.45, 7) is 1.59. The highest BCUT2D eigenvalue weighted by Crippen LogP contribution is 2.20. The predicted octanol–water partition coefficient (Wildman–Crippen LogP) is 2.16. The van der Waals surface area contributed by atoms with E-state index in [1.165, 1.54) is 6.07 Å². The quantitative estimate of drug-likeness (QED) is 0.592. The van der Waals surface area contributed by atoms with Gasteiger partial charge in [-0.05, 0) is 18.6 Å². The molecule has 0 bridgehead atoms. The summed E-state index contributed by atoms with van der Waals surface area (Å²) in [5.74, 6) is 0.292. The van der Waals surface area contributed by atoms with Gasteiger partial charge in [0.1, 0.15) is 11.6 Å². The first-order chi connectivity index (χ1) is 13.3. The number of anilines is 1. The molecular weight excluding hydrogens is 349 g/mol. The lowest BCUT2D eigenvalue weighted by Gasteiger charge is -2.11. The van der Waals surface area contributed by atoms with Gasteiger partial charge in [-0.1, -0.05) is 11.3 Å². The number of fused-ring (bicyclic) bond motifs is 2. The Kier molecular flexibility index (Phi) is 3.86. The van der Waals surface area contributed by atoms with Crippen LogP contribution in [0.25, 0.3) is 22.2 Å². The van der Waals surface area contributed by atoms with Crippen LogP contribution in [-0.2, 0) is 11.3 Å². The number of hydrogen-bond acceptors (Lipinski definition) is 7. The molecule has 1 aliphatic rings. The highest BCUT2D eigenvalue weighted by molar-refractivity contribution is 5.79. The second-order valence-electron chi connectivity index (χ2n) is 6.49. The molecule has 1 N–H and O–H groups in total. The second-order valence-corrected chi connectivity index (χ2v) is 6.49. The summed E-state index contributed by atoms with van der Waals surface area (Å²) >= 11 is 0. The third kappa shape index (κ3) is 3.06. The van der Waals surface area contributed by atoms with Crippen molar-refractivity contribution in [2.24, 2.45) is 0 Å². The number of aromatic nitrogens is 6. The third-order valence-corrected chi connectivity index (χ3v) is 4.60. The van der Waals surface area contributed by atoms with Gasteiger partial charge in [0.25, 0.3) is 0 Å². The Labute approximate surface area is 153 Å². The molecule has 4 aromatic rings. The maximum absolute atomic E-state index is 14.5. The zero-order valence-corrected chi connectivity index (χ0v) is 14.3. The van der Waals surface area contributed by atoms with Crippen molar-refractivity contribution in [3.63, 3.8) is 0 Å². The Morgan fingerprint density at radius 1 is 1.30 bits per heavy atom. The standard InChI is InChI=1S/C18H16FN7O/c19-14-7-15-11(2-1-4-20-15)6-12(14)9-26-18-17(24-25-26)21-8-16(23-18)22-13-3-5-27-10-13/h1-2,4,6-8,13H,3,5,9-10H2,(H,22,23). The van der Waals surface area contributed by atoms with E-state index in [0.717, 1.165) is 18.4 Å². The van der Waals surface area contributed by atoms with Crippen LogP contribution in [0.2, 0.25) is 0 Å². The van der Waals surface area contributed by atoms with Gasteiger partial charge in [0.2, 0.25) is 5.65 Å². The second kappa shape index (κ2) is 6.51. The molecule has 0 aliphatic carbocycles. The Morgan fingerprint density at radius 3 is 3.15 bits per heavy atom. The van der Waals surface area contributed by atoms with Gasteiger partial charge in [-0.2, -0.15) is 0 Å². The van der Waals surface area contributed by atoms with Crippen LogP contribution in [0.4, 0.5) is 10.2 Å². The summed E-state index contributed by atoms with van der Waals surface area (Å²) in [5, 5.41) is 12.3. The Balaban J connectivity index is 1.48. The molecule has 3 aromatic heterocycles. The van der Waals surface area contributed by atoms with Crippen molar-refractivity contribution in [2.45, 2.75) is 19.0 Å². The predicted molar refractivity (Wildman–Crippen MR) is 96.8 cm³/mol. The van der Waals surface area contributed by atoms with E-state index in [1.54, 1.807) is 23.1 Å². The first kappa shape index (κ1) is 16.0. The minimum absolute atomic E-state index is 0.206. The molecule has 1 saturated heterocycles. The molecule has 1 unspecified atom stereocenters. The lowest BCUT2D eigenvalue weighted by Crippen LogP contribution is -2.20. The number of nitrogens with one attached hydrogen (secondary N) is 1. The molecule has 27 heavy (non-hydrogen) atoms. The fourth-order valence-corrected chi connectivity index (χ4v) is 3.21. The largest absolute Gasteiger partial charge is 0.379 e. The van der Waals surface area contributed by atoms with Crippen LogP contribution in [0.15, 0.2) is 36.7 Å². The summed E-state index contributed by atoms with van der Waals surface area (Å²) in [7, 11) is 0. The minimum Gasteiger partial charge on any atom is -0.379 e. The molecule has 1 aliphatic heterocycles. The zero-order valence-electron chi connectivity index (χ0n) is 14.3. The highest BCUT2D eigenvalue weighted by atomic mass is 19.1. The summed E-state index contributed by atoms with van der Waals surface area (Å²) in [6, 6.07) is 7.15. The fraction of sp³-hybridized carbons (Fsp3) is 0.278. The average molecular weight is 365 g/mol. The van der Waals surface area contributed by atoms with Crippen LogP contribution < -0.4 is 5.32 Å². The molecular formula is C18H16FN7O. The molecule has 0 amide bonds. The molecule has 0 saturated carbocycles. The number of ether oxygens (including phenoxy) is 1. The van der Waals surface area contributed by atoms with Crippen molar-refractivity contribution in [3.8, 4) is 0 Å². The van der Waals surface area contributed by atoms with Gasteiger partial charge in [-0.3, -0.25) is 4.98 Å². The molecule has 136 valence electrons. The normalized spacial score (nSPS) is 17.0. The minimum atomic E-state index is -0.338. The number of halogens is 1. The van der Waals surface area contributed by atoms with E-state index in [1.807, 2.05) is 12.1 Å². The summed E-state index contributed by atoms with van der Waals surface area (Å²) in [4.78, 5) is 13.0. The third-order valence-electron chi connectivity index (χ3n) is 4.60. The van der Waals surface area contributed by atoms with Gasteiger partial charge in [0, 0.05) is 29.8 Å². The fourth-order valence-electron chi connectivity index (χ4n) is 3.21. The highest BCUT2D eigenvalue weighted by Gasteiger charge is 2.17. The van der Waals surface area contributed by atoms with E-state index in [2.05, 4.69) is 30.6 Å². The first-order valence-electron chi connectivity index (χ1n) is 8.70. The topological polar surface area (TPSA) is 90.6 Å². The number of rotatable bonds is 4. The van der Waals surface area contributed by atoms with E-state index < -0.39 is 0 Å². The Morgan fingerprint density at radius 2 is 2.26 bits per heavy atom. The molecule has 9 heteroatoms. The van der Waals surface area contributed by atoms with Crippen molar-refractivity contribution >= 4 is 28.0 Å². The van der Waals surface area contributed by atoms with Gasteiger partial charge >= 0.3 is 0 Å². The molecule has 1 aromatic carbocycles. The van der Waals surface area contributed by atoms with Gasteiger partial charge in [-0.25, -0.2) is 19.0 Å². The van der Waals surface area contributed by atoms with Crippen LogP contribution in [0, 0.1) is 5.82 Å². The molecule has 4 heterocycles. The Hall–Kier alpha value is -3.20. The number of nitrogens with zero attached hydrogens (tertiary/aromatic N) is 6. The van der Waals surface area contributed by atoms with Crippen LogP contribution in [-0.4, -0.2) is 49.2 Å².